The van der Waals surface area contributed by atoms with Crippen LogP contribution in [0.25, 0.3) is 0 Å². The summed E-state index contributed by atoms with van der Waals surface area (Å²) in [5.41, 5.74) is -0.0853. The number of aliphatic hydroxyl groups excluding tert-OH is 1. The molecule has 0 atom stereocenters. The Morgan fingerprint density at radius 3 is 2.58 bits per heavy atom. The summed E-state index contributed by atoms with van der Waals surface area (Å²) >= 11 is 0. The number of aliphatic hydroxyl groups is 1. The highest BCUT2D eigenvalue weighted by Gasteiger charge is 2.28. The lowest BCUT2D eigenvalue weighted by atomic mass is 10.0. The fourth-order valence-corrected chi connectivity index (χ4v) is 1.75. The van der Waals surface area contributed by atoms with Crippen LogP contribution in [-0.2, 0) is 0 Å². The summed E-state index contributed by atoms with van der Waals surface area (Å²) in [5, 5.41) is 9.31. The predicted molar refractivity (Wildman–Crippen MR) is 70.7 cm³/mol. The van der Waals surface area contributed by atoms with Crippen LogP contribution in [0.4, 0.5) is 0 Å². The van der Waals surface area contributed by atoms with Crippen LogP contribution in [0, 0.1) is 0 Å². The van der Waals surface area contributed by atoms with E-state index in [4.69, 9.17) is 9.47 Å². The van der Waals surface area contributed by atoms with Crippen molar-refractivity contribution in [3.63, 3.8) is 0 Å². The molecule has 0 unspecified atom stereocenters. The summed E-state index contributed by atoms with van der Waals surface area (Å²) in [4.78, 5) is 13.9. The number of rotatable bonds is 3. The van der Waals surface area contributed by atoms with Crippen LogP contribution in [0.3, 0.4) is 0 Å². The molecular formula is C14H19NO4. The molecule has 0 saturated carbocycles. The van der Waals surface area contributed by atoms with Crippen molar-refractivity contribution in [2.45, 2.75) is 19.4 Å². The van der Waals surface area contributed by atoms with Gasteiger partial charge in [-0.05, 0) is 32.0 Å². The second-order valence-corrected chi connectivity index (χ2v) is 5.19. The molecule has 0 spiro atoms. The second kappa shape index (κ2) is 5.09. The summed E-state index contributed by atoms with van der Waals surface area (Å²) in [7, 11) is 1.68. The Hall–Kier alpha value is -1.75. The lowest BCUT2D eigenvalue weighted by Gasteiger charge is -2.34. The third-order valence-electron chi connectivity index (χ3n) is 3.39. The maximum Gasteiger partial charge on any atom is 0.254 e. The van der Waals surface area contributed by atoms with Gasteiger partial charge in [-0.1, -0.05) is 0 Å². The molecule has 5 heteroatoms. The van der Waals surface area contributed by atoms with Gasteiger partial charge in [0.2, 0.25) is 0 Å². The van der Waals surface area contributed by atoms with Crippen LogP contribution < -0.4 is 9.47 Å². The number of hydrogen-bond acceptors (Lipinski definition) is 4. The minimum atomic E-state index is -0.607. The highest BCUT2D eigenvalue weighted by atomic mass is 16.6. The zero-order valence-corrected chi connectivity index (χ0v) is 11.5. The van der Waals surface area contributed by atoms with Gasteiger partial charge in [-0.2, -0.15) is 0 Å². The Kier molecular flexibility index (Phi) is 3.66. The third-order valence-corrected chi connectivity index (χ3v) is 3.39. The predicted octanol–water partition coefficient (Wildman–Crippen LogP) is 1.30. The van der Waals surface area contributed by atoms with Crippen LogP contribution >= 0.6 is 0 Å². The van der Waals surface area contributed by atoms with E-state index in [1.54, 1.807) is 25.2 Å². The SMILES string of the molecule is CN(C(=O)c1ccc2c(c1)OCCO2)C(C)(C)CO. The fraction of sp³-hybridized carbons (Fsp3) is 0.500. The molecule has 1 aliphatic rings. The van der Waals surface area contributed by atoms with Crippen molar-refractivity contribution < 1.29 is 19.4 Å². The van der Waals surface area contributed by atoms with Gasteiger partial charge in [0.05, 0.1) is 12.1 Å². The van der Waals surface area contributed by atoms with Crippen LogP contribution in [0.1, 0.15) is 24.2 Å². The van der Waals surface area contributed by atoms with Crippen molar-refractivity contribution in [1.29, 1.82) is 0 Å². The van der Waals surface area contributed by atoms with Gasteiger partial charge in [0.1, 0.15) is 13.2 Å². The van der Waals surface area contributed by atoms with Gasteiger partial charge in [-0.25, -0.2) is 0 Å². The summed E-state index contributed by atoms with van der Waals surface area (Å²) in [5.74, 6) is 1.09. The standard InChI is InChI=1S/C14H19NO4/c1-14(2,9-16)15(3)13(17)10-4-5-11-12(8-10)19-7-6-18-11/h4-5,8,16H,6-7,9H2,1-3H3. The molecule has 19 heavy (non-hydrogen) atoms. The molecule has 0 saturated heterocycles. The average Bonchev–Trinajstić information content (AvgIpc) is 2.45. The van der Waals surface area contributed by atoms with E-state index in [0.29, 0.717) is 30.3 Å². The topological polar surface area (TPSA) is 59.0 Å². The lowest BCUT2D eigenvalue weighted by Crippen LogP contribution is -2.47. The van der Waals surface area contributed by atoms with Crippen molar-refractivity contribution in [3.05, 3.63) is 23.8 Å². The lowest BCUT2D eigenvalue weighted by molar-refractivity contribution is 0.0472. The van der Waals surface area contributed by atoms with E-state index >= 15 is 0 Å². The maximum atomic E-state index is 12.4. The number of ether oxygens (including phenoxy) is 2. The molecule has 1 N–H and O–H groups in total. The zero-order valence-electron chi connectivity index (χ0n) is 11.5. The van der Waals surface area contributed by atoms with E-state index in [1.165, 1.54) is 4.90 Å². The first kappa shape index (κ1) is 13.7. The minimum Gasteiger partial charge on any atom is -0.486 e. The highest BCUT2D eigenvalue weighted by molar-refractivity contribution is 5.95. The van der Waals surface area contributed by atoms with Crippen molar-refractivity contribution in [2.75, 3.05) is 26.9 Å². The molecule has 104 valence electrons. The molecule has 0 radical (unpaired) electrons. The first-order chi connectivity index (χ1) is 8.95. The Labute approximate surface area is 112 Å². The summed E-state index contributed by atoms with van der Waals surface area (Å²) in [6, 6.07) is 5.13. The Bertz CT molecular complexity index is 484. The molecule has 0 aliphatic carbocycles. The van der Waals surface area contributed by atoms with Crippen LogP contribution in [-0.4, -0.2) is 48.3 Å². The van der Waals surface area contributed by atoms with Gasteiger partial charge in [-0.15, -0.1) is 0 Å². The Balaban J connectivity index is 2.24. The molecule has 1 aromatic carbocycles. The smallest absolute Gasteiger partial charge is 0.254 e. The average molecular weight is 265 g/mol. The largest absolute Gasteiger partial charge is 0.486 e. The zero-order chi connectivity index (χ0) is 14.0. The number of fused-ring (bicyclic) bond motifs is 1. The van der Waals surface area contributed by atoms with E-state index in [9.17, 15) is 9.90 Å². The first-order valence-corrected chi connectivity index (χ1v) is 6.24. The van der Waals surface area contributed by atoms with Gasteiger partial charge in [-0.3, -0.25) is 4.79 Å². The molecule has 1 aliphatic heterocycles. The normalized spacial score (nSPS) is 14.1. The van der Waals surface area contributed by atoms with Crippen molar-refractivity contribution in [3.8, 4) is 11.5 Å². The number of benzene rings is 1. The molecule has 0 aromatic heterocycles. The fourth-order valence-electron chi connectivity index (χ4n) is 1.75. The molecule has 5 nitrogen and oxygen atoms in total. The molecular weight excluding hydrogens is 246 g/mol. The van der Waals surface area contributed by atoms with E-state index in [1.807, 2.05) is 13.8 Å². The van der Waals surface area contributed by atoms with Crippen molar-refractivity contribution >= 4 is 5.91 Å². The van der Waals surface area contributed by atoms with E-state index in [-0.39, 0.29) is 12.5 Å². The van der Waals surface area contributed by atoms with Gasteiger partial charge in [0.15, 0.2) is 11.5 Å². The van der Waals surface area contributed by atoms with Crippen LogP contribution in [0.2, 0.25) is 0 Å². The number of carbonyl (C=O) groups is 1. The highest BCUT2D eigenvalue weighted by Crippen LogP contribution is 2.31. The number of carbonyl (C=O) groups excluding carboxylic acids is 1. The number of nitrogens with zero attached hydrogens (tertiary/aromatic N) is 1. The number of likely N-dealkylation sites (N-methyl/N-ethyl adjacent to an activating group) is 1. The number of hydrogen-bond donors (Lipinski definition) is 1. The summed E-state index contributed by atoms with van der Waals surface area (Å²) < 4.78 is 10.9. The third kappa shape index (κ3) is 2.66. The van der Waals surface area contributed by atoms with E-state index < -0.39 is 5.54 Å². The van der Waals surface area contributed by atoms with Crippen molar-refractivity contribution in [2.24, 2.45) is 0 Å². The van der Waals surface area contributed by atoms with Gasteiger partial charge >= 0.3 is 0 Å². The Morgan fingerprint density at radius 2 is 1.95 bits per heavy atom. The molecule has 1 heterocycles. The number of amides is 1. The second-order valence-electron chi connectivity index (χ2n) is 5.19. The van der Waals surface area contributed by atoms with Crippen molar-refractivity contribution in [1.82, 2.24) is 4.90 Å². The van der Waals surface area contributed by atoms with Gasteiger partial charge in [0.25, 0.3) is 5.91 Å². The molecule has 1 aromatic rings. The monoisotopic (exact) mass is 265 g/mol. The van der Waals surface area contributed by atoms with Crippen LogP contribution in [0.5, 0.6) is 11.5 Å². The van der Waals surface area contributed by atoms with E-state index in [2.05, 4.69) is 0 Å². The molecule has 2 rings (SSSR count). The van der Waals surface area contributed by atoms with Gasteiger partial charge < -0.3 is 19.5 Å². The summed E-state index contributed by atoms with van der Waals surface area (Å²) in [6.45, 7) is 4.53. The Morgan fingerprint density at radius 1 is 1.32 bits per heavy atom. The summed E-state index contributed by atoms with van der Waals surface area (Å²) in [6.07, 6.45) is 0. The molecule has 0 fully saturated rings. The first-order valence-electron chi connectivity index (χ1n) is 6.24. The molecule has 0 bridgehead atoms. The molecule has 1 amide bonds. The quantitative estimate of drug-likeness (QED) is 0.895. The van der Waals surface area contributed by atoms with Gasteiger partial charge in [0, 0.05) is 12.6 Å². The van der Waals surface area contributed by atoms with E-state index in [0.717, 1.165) is 0 Å². The van der Waals surface area contributed by atoms with Crippen LogP contribution in [0.15, 0.2) is 18.2 Å². The maximum absolute atomic E-state index is 12.4. The minimum absolute atomic E-state index is 0.0974.